The van der Waals surface area contributed by atoms with Gasteiger partial charge in [-0.2, -0.15) is 5.10 Å². The van der Waals surface area contributed by atoms with Crippen molar-refractivity contribution < 1.29 is 4.79 Å². The quantitative estimate of drug-likeness (QED) is 0.466. The minimum atomic E-state index is -0.418. The Morgan fingerprint density at radius 3 is 2.59 bits per heavy atom. The van der Waals surface area contributed by atoms with E-state index in [1.807, 2.05) is 86.6 Å². The molecule has 158 valence electrons. The zero-order chi connectivity index (χ0) is 22.2. The average Bonchev–Trinajstić information content (AvgIpc) is 3.24. The average molecular weight is 422 g/mol. The van der Waals surface area contributed by atoms with Gasteiger partial charge >= 0.3 is 0 Å². The molecule has 0 bridgehead atoms. The summed E-state index contributed by atoms with van der Waals surface area (Å²) < 4.78 is 3.36. The molecule has 0 saturated carbocycles. The van der Waals surface area contributed by atoms with Gasteiger partial charge < -0.3 is 5.32 Å². The molecular weight excluding hydrogens is 400 g/mol. The van der Waals surface area contributed by atoms with E-state index in [0.717, 1.165) is 22.2 Å². The predicted molar refractivity (Wildman–Crippen MR) is 125 cm³/mol. The van der Waals surface area contributed by atoms with E-state index in [1.54, 1.807) is 21.5 Å². The van der Waals surface area contributed by atoms with Crippen molar-refractivity contribution in [2.24, 2.45) is 0 Å². The summed E-state index contributed by atoms with van der Waals surface area (Å²) in [7, 11) is 0. The second-order valence-electron chi connectivity index (χ2n) is 7.87. The van der Waals surface area contributed by atoms with E-state index in [4.69, 9.17) is 0 Å². The fourth-order valence-electron chi connectivity index (χ4n) is 4.18. The molecule has 0 saturated heterocycles. The van der Waals surface area contributed by atoms with Crippen LogP contribution in [-0.2, 0) is 0 Å². The van der Waals surface area contributed by atoms with Gasteiger partial charge in [0.15, 0.2) is 0 Å². The third-order valence-corrected chi connectivity index (χ3v) is 5.76. The fraction of sp³-hybridized carbons (Fsp3) is 0.115. The van der Waals surface area contributed by atoms with Gasteiger partial charge in [-0.15, -0.1) is 0 Å². The van der Waals surface area contributed by atoms with Crippen LogP contribution in [0.5, 0.6) is 0 Å². The molecule has 0 aliphatic heterocycles. The predicted octanol–water partition coefficient (Wildman–Crippen LogP) is 4.44. The Hall–Kier alpha value is -4.19. The van der Waals surface area contributed by atoms with Crippen LogP contribution in [0.4, 0.5) is 0 Å². The lowest BCUT2D eigenvalue weighted by molar-refractivity contribution is 0.0940. The Balaban J connectivity index is 1.62. The molecule has 6 nitrogen and oxygen atoms in total. The Bertz CT molecular complexity index is 1520. The molecule has 0 radical (unpaired) electrons. The molecule has 1 N–H and O–H groups in total. The maximum Gasteiger partial charge on any atom is 0.263 e. The minimum Gasteiger partial charge on any atom is -0.344 e. The number of carbonyl (C=O) groups is 1. The summed E-state index contributed by atoms with van der Waals surface area (Å²) in [6.07, 6.45) is 3.36. The molecule has 1 amide bonds. The molecule has 0 unspecified atom stereocenters. The molecule has 32 heavy (non-hydrogen) atoms. The van der Waals surface area contributed by atoms with Crippen molar-refractivity contribution in [2.45, 2.75) is 19.9 Å². The summed E-state index contributed by atoms with van der Waals surface area (Å²) in [6, 6.07) is 22.5. The Morgan fingerprint density at radius 1 is 1.00 bits per heavy atom. The topological polar surface area (TPSA) is 68.4 Å². The van der Waals surface area contributed by atoms with Gasteiger partial charge in [0, 0.05) is 17.6 Å². The van der Waals surface area contributed by atoms with E-state index in [0.29, 0.717) is 16.6 Å². The summed E-state index contributed by atoms with van der Waals surface area (Å²) in [5, 5.41) is 8.84. The third kappa shape index (κ3) is 3.26. The summed E-state index contributed by atoms with van der Waals surface area (Å²) in [6.45, 7) is 3.83. The number of hydrogen-bond donors (Lipinski definition) is 1. The second-order valence-corrected chi connectivity index (χ2v) is 7.87. The van der Waals surface area contributed by atoms with Crippen molar-refractivity contribution in [1.82, 2.24) is 19.5 Å². The van der Waals surface area contributed by atoms with Gasteiger partial charge in [-0.25, -0.2) is 4.52 Å². The first kappa shape index (κ1) is 19.8. The van der Waals surface area contributed by atoms with E-state index in [2.05, 4.69) is 10.4 Å². The lowest BCUT2D eigenvalue weighted by Gasteiger charge is -2.21. The molecule has 1 atom stereocenters. The third-order valence-electron chi connectivity index (χ3n) is 5.76. The van der Waals surface area contributed by atoms with Crippen LogP contribution >= 0.6 is 0 Å². The normalized spacial score (nSPS) is 12.2. The first-order valence-electron chi connectivity index (χ1n) is 10.5. The molecule has 5 rings (SSSR count). The zero-order valence-electron chi connectivity index (χ0n) is 17.8. The molecule has 0 aliphatic carbocycles. The summed E-state index contributed by atoms with van der Waals surface area (Å²) in [5.74, 6) is -0.241. The molecule has 5 aromatic rings. The van der Waals surface area contributed by atoms with E-state index in [9.17, 15) is 9.59 Å². The maximum absolute atomic E-state index is 13.6. The molecule has 3 aromatic heterocycles. The van der Waals surface area contributed by atoms with Crippen LogP contribution in [0.15, 0.2) is 90.0 Å². The molecule has 6 heteroatoms. The fourth-order valence-corrected chi connectivity index (χ4v) is 4.18. The smallest absolute Gasteiger partial charge is 0.263 e. The summed E-state index contributed by atoms with van der Waals surface area (Å²) in [5.41, 5.74) is 3.51. The Labute approximate surface area is 184 Å². The number of aromatic nitrogens is 3. The number of pyridine rings is 2. The lowest BCUT2D eigenvalue weighted by Crippen LogP contribution is -2.32. The number of benzene rings is 2. The lowest BCUT2D eigenvalue weighted by atomic mass is 10.0. The first-order valence-corrected chi connectivity index (χ1v) is 10.5. The van der Waals surface area contributed by atoms with Crippen LogP contribution in [0.1, 0.15) is 34.6 Å². The molecule has 0 spiro atoms. The number of rotatable bonds is 4. The number of amides is 1. The van der Waals surface area contributed by atoms with Crippen molar-refractivity contribution in [3.05, 3.63) is 112 Å². The standard InChI is InChI=1S/C26H22N4O2/c1-17-9-8-10-19-15-23(30(26(32)24(17)19)20-11-4-3-5-12-20)18(2)28-25(31)21-16-27-29-14-7-6-13-22(21)29/h3-16,18H,1-2H3,(H,28,31)/t18-/m0/s1. The maximum atomic E-state index is 13.6. The second kappa shape index (κ2) is 7.81. The molecule has 0 fully saturated rings. The van der Waals surface area contributed by atoms with Gasteiger partial charge in [-0.3, -0.25) is 14.2 Å². The number of nitrogens with one attached hydrogen (secondary N) is 1. The number of hydrogen-bond acceptors (Lipinski definition) is 3. The van der Waals surface area contributed by atoms with E-state index >= 15 is 0 Å². The van der Waals surface area contributed by atoms with Crippen LogP contribution in [0.25, 0.3) is 22.0 Å². The van der Waals surface area contributed by atoms with Crippen LogP contribution in [-0.4, -0.2) is 20.1 Å². The SMILES string of the molecule is Cc1cccc2cc([C@H](C)NC(=O)c3cnn4ccccc34)n(-c3ccccc3)c(=O)c12. The van der Waals surface area contributed by atoms with Crippen LogP contribution in [0, 0.1) is 6.92 Å². The highest BCUT2D eigenvalue weighted by Crippen LogP contribution is 2.23. The van der Waals surface area contributed by atoms with Crippen molar-refractivity contribution in [2.75, 3.05) is 0 Å². The highest BCUT2D eigenvalue weighted by atomic mass is 16.2. The monoisotopic (exact) mass is 422 g/mol. The van der Waals surface area contributed by atoms with Gasteiger partial charge in [0.2, 0.25) is 0 Å². The minimum absolute atomic E-state index is 0.0983. The van der Waals surface area contributed by atoms with Crippen LogP contribution in [0.2, 0.25) is 0 Å². The number of nitrogens with zero attached hydrogens (tertiary/aromatic N) is 3. The molecular formula is C26H22N4O2. The Kier molecular flexibility index (Phi) is 4.82. The first-order chi connectivity index (χ1) is 15.5. The number of para-hydroxylation sites is 1. The number of fused-ring (bicyclic) bond motifs is 2. The molecule has 0 aliphatic rings. The van der Waals surface area contributed by atoms with Crippen molar-refractivity contribution >= 4 is 22.2 Å². The molecule has 3 heterocycles. The van der Waals surface area contributed by atoms with E-state index < -0.39 is 6.04 Å². The van der Waals surface area contributed by atoms with E-state index in [1.165, 1.54) is 0 Å². The summed E-state index contributed by atoms with van der Waals surface area (Å²) >= 11 is 0. The van der Waals surface area contributed by atoms with Crippen LogP contribution < -0.4 is 10.9 Å². The molecule has 2 aromatic carbocycles. The van der Waals surface area contributed by atoms with Gasteiger partial charge in [0.1, 0.15) is 0 Å². The van der Waals surface area contributed by atoms with Gasteiger partial charge in [0.25, 0.3) is 11.5 Å². The largest absolute Gasteiger partial charge is 0.344 e. The zero-order valence-corrected chi connectivity index (χ0v) is 17.8. The van der Waals surface area contributed by atoms with Crippen molar-refractivity contribution in [3.8, 4) is 5.69 Å². The van der Waals surface area contributed by atoms with Crippen molar-refractivity contribution in [1.29, 1.82) is 0 Å². The van der Waals surface area contributed by atoms with Gasteiger partial charge in [-0.1, -0.05) is 42.5 Å². The van der Waals surface area contributed by atoms with Gasteiger partial charge in [0.05, 0.1) is 28.7 Å². The van der Waals surface area contributed by atoms with Crippen LogP contribution in [0.3, 0.4) is 0 Å². The highest BCUT2D eigenvalue weighted by molar-refractivity contribution is 6.00. The Morgan fingerprint density at radius 2 is 1.78 bits per heavy atom. The number of aryl methyl sites for hydroxylation is 1. The summed E-state index contributed by atoms with van der Waals surface area (Å²) in [4.78, 5) is 26.7. The van der Waals surface area contributed by atoms with E-state index in [-0.39, 0.29) is 11.5 Å². The van der Waals surface area contributed by atoms with Crippen molar-refractivity contribution in [3.63, 3.8) is 0 Å². The number of carbonyl (C=O) groups excluding carboxylic acids is 1. The highest BCUT2D eigenvalue weighted by Gasteiger charge is 2.20. The van der Waals surface area contributed by atoms with Gasteiger partial charge in [-0.05, 0) is 55.1 Å².